The van der Waals surface area contributed by atoms with E-state index in [0.717, 1.165) is 70.8 Å². The van der Waals surface area contributed by atoms with Crippen molar-refractivity contribution < 1.29 is 9.90 Å². The molecule has 1 aromatic rings. The van der Waals surface area contributed by atoms with Gasteiger partial charge in [0.1, 0.15) is 5.82 Å². The molecule has 0 radical (unpaired) electrons. The van der Waals surface area contributed by atoms with Crippen molar-refractivity contribution in [3.63, 3.8) is 0 Å². The van der Waals surface area contributed by atoms with Gasteiger partial charge in [-0.25, -0.2) is 9.78 Å². The Bertz CT molecular complexity index is 657. The van der Waals surface area contributed by atoms with E-state index in [2.05, 4.69) is 27.6 Å². The third-order valence-electron chi connectivity index (χ3n) is 6.63. The molecule has 1 N–H and O–H groups in total. The Hall–Kier alpha value is -1.60. The number of aryl methyl sites for hydroxylation is 1. The van der Waals surface area contributed by atoms with Gasteiger partial charge in [-0.05, 0) is 32.1 Å². The summed E-state index contributed by atoms with van der Waals surface area (Å²) >= 11 is 0. The van der Waals surface area contributed by atoms with E-state index in [1.807, 2.05) is 16.0 Å². The minimum Gasteiger partial charge on any atom is -0.389 e. The fourth-order valence-electron chi connectivity index (χ4n) is 4.93. The van der Waals surface area contributed by atoms with Crippen molar-refractivity contribution in [2.75, 3.05) is 39.3 Å². The molecule has 3 aliphatic rings. The maximum Gasteiger partial charge on any atom is 0.320 e. The molecule has 3 fully saturated rings. The van der Waals surface area contributed by atoms with Crippen molar-refractivity contribution >= 4 is 6.03 Å². The number of likely N-dealkylation sites (tertiary alicyclic amines) is 3. The zero-order chi connectivity index (χ0) is 18.9. The third kappa shape index (κ3) is 3.85. The standard InChI is InChI=1S/C20H33N5O2/c1-2-8-23-13-7-21-18(23)16-22-11-5-20(27)6-12-25(15-17(20)14-22)19(26)24-9-3-4-10-24/h7,13,17,27H,2-6,8-12,14-16H2,1H3/t17-,20-/m1/s1. The molecule has 27 heavy (non-hydrogen) atoms. The van der Waals surface area contributed by atoms with Gasteiger partial charge in [0.2, 0.25) is 0 Å². The number of carbonyl (C=O) groups is 1. The molecule has 2 atom stereocenters. The van der Waals surface area contributed by atoms with Crippen LogP contribution in [0.5, 0.6) is 0 Å². The highest BCUT2D eigenvalue weighted by molar-refractivity contribution is 5.74. The van der Waals surface area contributed by atoms with Crippen LogP contribution in [-0.4, -0.2) is 80.3 Å². The van der Waals surface area contributed by atoms with Crippen LogP contribution in [0.25, 0.3) is 0 Å². The lowest BCUT2D eigenvalue weighted by Gasteiger charge is -2.50. The van der Waals surface area contributed by atoms with Crippen LogP contribution in [0.4, 0.5) is 4.79 Å². The Balaban J connectivity index is 1.39. The van der Waals surface area contributed by atoms with Crippen LogP contribution in [0, 0.1) is 5.92 Å². The summed E-state index contributed by atoms with van der Waals surface area (Å²) in [6.45, 7) is 8.85. The Morgan fingerprint density at radius 1 is 1.19 bits per heavy atom. The summed E-state index contributed by atoms with van der Waals surface area (Å²) in [5, 5.41) is 11.1. The molecule has 0 bridgehead atoms. The number of amides is 2. The molecule has 0 aromatic carbocycles. The number of nitrogens with zero attached hydrogens (tertiary/aromatic N) is 5. The summed E-state index contributed by atoms with van der Waals surface area (Å²) < 4.78 is 2.23. The maximum absolute atomic E-state index is 12.8. The molecule has 4 rings (SSSR count). The van der Waals surface area contributed by atoms with Crippen LogP contribution in [0.3, 0.4) is 0 Å². The lowest BCUT2D eigenvalue weighted by molar-refractivity contribution is -0.109. The van der Waals surface area contributed by atoms with Crippen molar-refractivity contribution in [2.24, 2.45) is 5.92 Å². The molecule has 0 spiro atoms. The number of fused-ring (bicyclic) bond motifs is 1. The lowest BCUT2D eigenvalue weighted by atomic mass is 9.75. The van der Waals surface area contributed by atoms with E-state index in [4.69, 9.17) is 0 Å². The largest absolute Gasteiger partial charge is 0.389 e. The highest BCUT2D eigenvalue weighted by Crippen LogP contribution is 2.36. The van der Waals surface area contributed by atoms with Crippen LogP contribution in [-0.2, 0) is 13.1 Å². The number of aliphatic hydroxyl groups is 1. The van der Waals surface area contributed by atoms with Crippen molar-refractivity contribution in [2.45, 2.75) is 57.7 Å². The topological polar surface area (TPSA) is 64.8 Å². The molecular formula is C20H33N5O2. The predicted octanol–water partition coefficient (Wildman–Crippen LogP) is 1.77. The van der Waals surface area contributed by atoms with E-state index >= 15 is 0 Å². The second-order valence-electron chi connectivity index (χ2n) is 8.50. The molecule has 0 aliphatic carbocycles. The number of rotatable bonds is 4. The van der Waals surface area contributed by atoms with Crippen LogP contribution in [0.1, 0.15) is 44.9 Å². The molecule has 1 aromatic heterocycles. The second kappa shape index (κ2) is 7.80. The molecular weight excluding hydrogens is 342 g/mol. The molecule has 0 unspecified atom stereocenters. The van der Waals surface area contributed by atoms with Crippen LogP contribution in [0.2, 0.25) is 0 Å². The van der Waals surface area contributed by atoms with Crippen molar-refractivity contribution in [3.8, 4) is 0 Å². The van der Waals surface area contributed by atoms with Gasteiger partial charge in [-0.2, -0.15) is 0 Å². The van der Waals surface area contributed by atoms with E-state index < -0.39 is 5.60 Å². The molecule has 7 heteroatoms. The molecule has 150 valence electrons. The fourth-order valence-corrected chi connectivity index (χ4v) is 4.93. The van der Waals surface area contributed by atoms with E-state index in [1.54, 1.807) is 0 Å². The molecule has 3 saturated heterocycles. The van der Waals surface area contributed by atoms with Gasteiger partial charge in [0.15, 0.2) is 0 Å². The number of aromatic nitrogens is 2. The van der Waals surface area contributed by atoms with Gasteiger partial charge in [-0.15, -0.1) is 0 Å². The van der Waals surface area contributed by atoms with E-state index in [1.165, 1.54) is 0 Å². The van der Waals surface area contributed by atoms with Crippen molar-refractivity contribution in [3.05, 3.63) is 18.2 Å². The highest BCUT2D eigenvalue weighted by atomic mass is 16.3. The first-order chi connectivity index (χ1) is 13.1. The second-order valence-corrected chi connectivity index (χ2v) is 8.50. The normalized spacial score (nSPS) is 29.2. The third-order valence-corrected chi connectivity index (χ3v) is 6.63. The van der Waals surface area contributed by atoms with Gasteiger partial charge in [-0.1, -0.05) is 6.92 Å². The number of hydrogen-bond donors (Lipinski definition) is 1. The molecule has 7 nitrogen and oxygen atoms in total. The van der Waals surface area contributed by atoms with Crippen molar-refractivity contribution in [1.29, 1.82) is 0 Å². The first-order valence-electron chi connectivity index (χ1n) is 10.6. The van der Waals surface area contributed by atoms with Crippen LogP contribution < -0.4 is 0 Å². The smallest absolute Gasteiger partial charge is 0.320 e. The summed E-state index contributed by atoms with van der Waals surface area (Å²) in [7, 11) is 0. The van der Waals surface area contributed by atoms with E-state index in [-0.39, 0.29) is 11.9 Å². The van der Waals surface area contributed by atoms with Gasteiger partial charge in [0.25, 0.3) is 0 Å². The average Bonchev–Trinajstić information content (AvgIpc) is 3.34. The van der Waals surface area contributed by atoms with Gasteiger partial charge in [0.05, 0.1) is 12.1 Å². The summed E-state index contributed by atoms with van der Waals surface area (Å²) in [4.78, 5) is 23.7. The zero-order valence-electron chi connectivity index (χ0n) is 16.5. The minimum absolute atomic E-state index is 0.126. The quantitative estimate of drug-likeness (QED) is 0.871. The van der Waals surface area contributed by atoms with Crippen molar-refractivity contribution in [1.82, 2.24) is 24.3 Å². The molecule has 3 aliphatic heterocycles. The maximum atomic E-state index is 12.8. The van der Waals surface area contributed by atoms with Crippen LogP contribution in [0.15, 0.2) is 12.4 Å². The SMILES string of the molecule is CCCn1ccnc1CN1CC[C@@]2(O)CCN(C(=O)N3CCCC3)C[C@H]2C1. The molecule has 4 heterocycles. The van der Waals surface area contributed by atoms with Gasteiger partial charge < -0.3 is 19.5 Å². The zero-order valence-corrected chi connectivity index (χ0v) is 16.5. The number of hydrogen-bond acceptors (Lipinski definition) is 4. The summed E-state index contributed by atoms with van der Waals surface area (Å²) in [6, 6.07) is 0.171. The van der Waals surface area contributed by atoms with Gasteiger partial charge in [0, 0.05) is 64.1 Å². The average molecular weight is 376 g/mol. The van der Waals surface area contributed by atoms with E-state index in [9.17, 15) is 9.90 Å². The Morgan fingerprint density at radius 3 is 2.74 bits per heavy atom. The summed E-state index contributed by atoms with van der Waals surface area (Å²) in [5.41, 5.74) is -0.614. The summed E-state index contributed by atoms with van der Waals surface area (Å²) in [6.07, 6.45) is 8.75. The summed E-state index contributed by atoms with van der Waals surface area (Å²) in [5.74, 6) is 1.23. The Kier molecular flexibility index (Phi) is 5.41. The number of urea groups is 1. The Morgan fingerprint density at radius 2 is 1.96 bits per heavy atom. The predicted molar refractivity (Wildman–Crippen MR) is 103 cm³/mol. The first-order valence-corrected chi connectivity index (χ1v) is 10.6. The lowest BCUT2D eigenvalue weighted by Crippen LogP contribution is -2.61. The number of piperidine rings is 2. The van der Waals surface area contributed by atoms with Gasteiger partial charge >= 0.3 is 6.03 Å². The molecule has 0 saturated carbocycles. The monoisotopic (exact) mass is 375 g/mol. The van der Waals surface area contributed by atoms with Gasteiger partial charge in [-0.3, -0.25) is 4.90 Å². The van der Waals surface area contributed by atoms with Crippen LogP contribution >= 0.6 is 0 Å². The number of carbonyl (C=O) groups excluding carboxylic acids is 1. The molecule has 2 amide bonds. The minimum atomic E-state index is -0.614. The first kappa shape index (κ1) is 18.7. The Labute approximate surface area is 161 Å². The highest BCUT2D eigenvalue weighted by Gasteiger charge is 2.46. The fraction of sp³-hybridized carbons (Fsp3) is 0.800. The number of imidazole rings is 1. The van der Waals surface area contributed by atoms with E-state index in [0.29, 0.717) is 19.5 Å².